The third-order valence-electron chi connectivity index (χ3n) is 3.25. The van der Waals surface area contributed by atoms with Crippen LogP contribution in [-0.2, 0) is 17.4 Å². The molecule has 1 fully saturated rings. The van der Waals surface area contributed by atoms with Crippen LogP contribution in [-0.4, -0.2) is 46.3 Å². The minimum absolute atomic E-state index is 0.0423. The summed E-state index contributed by atoms with van der Waals surface area (Å²) < 4.78 is 37.1. The first-order valence-electron chi connectivity index (χ1n) is 6.07. The zero-order chi connectivity index (χ0) is 14.9. The van der Waals surface area contributed by atoms with Crippen molar-refractivity contribution in [1.82, 2.24) is 4.90 Å². The van der Waals surface area contributed by atoms with E-state index < -0.39 is 23.9 Å². The van der Waals surface area contributed by atoms with Gasteiger partial charge in [0.2, 0.25) is 5.91 Å². The molecule has 110 valence electrons. The van der Waals surface area contributed by atoms with E-state index in [4.69, 9.17) is 0 Å². The maximum Gasteiger partial charge on any atom is 0.416 e. The molecule has 0 radical (unpaired) electrons. The van der Waals surface area contributed by atoms with Crippen molar-refractivity contribution in [3.8, 4) is 0 Å². The van der Waals surface area contributed by atoms with Crippen molar-refractivity contribution in [3.63, 3.8) is 0 Å². The van der Waals surface area contributed by atoms with E-state index in [-0.39, 0.29) is 25.4 Å². The van der Waals surface area contributed by atoms with Gasteiger partial charge in [-0.2, -0.15) is 13.2 Å². The third kappa shape index (κ3) is 3.29. The highest BCUT2D eigenvalue weighted by Gasteiger charge is 2.33. The van der Waals surface area contributed by atoms with Crippen molar-refractivity contribution in [2.45, 2.75) is 24.8 Å². The molecule has 1 aliphatic heterocycles. The second kappa shape index (κ2) is 5.41. The Morgan fingerprint density at radius 1 is 1.15 bits per heavy atom. The largest absolute Gasteiger partial charge is 0.416 e. The van der Waals surface area contributed by atoms with Gasteiger partial charge in [-0.1, -0.05) is 12.1 Å². The average Bonchev–Trinajstić information content (AvgIpc) is 2.69. The summed E-state index contributed by atoms with van der Waals surface area (Å²) in [7, 11) is 0. The molecule has 2 rings (SSSR count). The molecule has 1 amide bonds. The van der Waals surface area contributed by atoms with Crippen LogP contribution in [0, 0.1) is 0 Å². The molecule has 4 nitrogen and oxygen atoms in total. The summed E-state index contributed by atoms with van der Waals surface area (Å²) in [6.07, 6.45) is -6.39. The number of amides is 1. The maximum atomic E-state index is 12.4. The van der Waals surface area contributed by atoms with Gasteiger partial charge in [0.05, 0.1) is 24.2 Å². The maximum absolute atomic E-state index is 12.4. The average molecular weight is 289 g/mol. The lowest BCUT2D eigenvalue weighted by molar-refractivity contribution is -0.137. The number of halogens is 3. The first-order chi connectivity index (χ1) is 9.27. The van der Waals surface area contributed by atoms with Crippen molar-refractivity contribution in [2.24, 2.45) is 0 Å². The lowest BCUT2D eigenvalue weighted by atomic mass is 10.1. The molecule has 2 atom stereocenters. The van der Waals surface area contributed by atoms with Gasteiger partial charge in [0.25, 0.3) is 0 Å². The second-order valence-corrected chi connectivity index (χ2v) is 4.80. The van der Waals surface area contributed by atoms with Crippen molar-refractivity contribution in [2.75, 3.05) is 13.1 Å². The topological polar surface area (TPSA) is 60.8 Å². The molecule has 1 aromatic rings. The van der Waals surface area contributed by atoms with E-state index in [2.05, 4.69) is 0 Å². The van der Waals surface area contributed by atoms with Crippen LogP contribution in [0.5, 0.6) is 0 Å². The first kappa shape index (κ1) is 14.8. The summed E-state index contributed by atoms with van der Waals surface area (Å²) in [5, 5.41) is 18.7. The Morgan fingerprint density at radius 3 is 2.10 bits per heavy atom. The lowest BCUT2D eigenvalue weighted by Gasteiger charge is -2.15. The molecular weight excluding hydrogens is 275 g/mol. The Morgan fingerprint density at radius 2 is 1.65 bits per heavy atom. The van der Waals surface area contributed by atoms with E-state index in [9.17, 15) is 28.2 Å². The molecule has 0 unspecified atom stereocenters. The Kier molecular flexibility index (Phi) is 4.01. The predicted octanol–water partition coefficient (Wildman–Crippen LogP) is 0.812. The molecule has 0 saturated carbocycles. The highest BCUT2D eigenvalue weighted by Crippen LogP contribution is 2.29. The number of aliphatic hydroxyl groups is 2. The van der Waals surface area contributed by atoms with Gasteiger partial charge in [-0.15, -0.1) is 0 Å². The summed E-state index contributed by atoms with van der Waals surface area (Å²) in [5.41, 5.74) is -0.306. The zero-order valence-electron chi connectivity index (χ0n) is 10.5. The number of hydrogen-bond acceptors (Lipinski definition) is 3. The van der Waals surface area contributed by atoms with Crippen molar-refractivity contribution < 1.29 is 28.2 Å². The van der Waals surface area contributed by atoms with Crippen molar-refractivity contribution in [1.29, 1.82) is 0 Å². The van der Waals surface area contributed by atoms with Crippen molar-refractivity contribution in [3.05, 3.63) is 35.4 Å². The highest BCUT2D eigenvalue weighted by atomic mass is 19.4. The van der Waals surface area contributed by atoms with E-state index in [1.807, 2.05) is 0 Å². The van der Waals surface area contributed by atoms with E-state index >= 15 is 0 Å². The molecule has 0 aliphatic carbocycles. The lowest BCUT2D eigenvalue weighted by Crippen LogP contribution is -2.31. The number of benzene rings is 1. The van der Waals surface area contributed by atoms with Crippen LogP contribution < -0.4 is 0 Å². The summed E-state index contributed by atoms with van der Waals surface area (Å²) in [4.78, 5) is 13.2. The molecule has 1 aromatic carbocycles. The normalized spacial score (nSPS) is 23.1. The van der Waals surface area contributed by atoms with E-state index in [0.29, 0.717) is 5.56 Å². The highest BCUT2D eigenvalue weighted by molar-refractivity contribution is 5.79. The predicted molar refractivity (Wildman–Crippen MR) is 63.7 cm³/mol. The van der Waals surface area contributed by atoms with Crippen molar-refractivity contribution >= 4 is 5.91 Å². The SMILES string of the molecule is O=C(Cc1ccc(C(F)(F)F)cc1)N1C[C@@H](O)[C@@H](O)C1. The molecule has 2 N–H and O–H groups in total. The molecule has 1 saturated heterocycles. The summed E-state index contributed by atoms with van der Waals surface area (Å²) in [6, 6.07) is 4.36. The quantitative estimate of drug-likeness (QED) is 0.847. The van der Waals surface area contributed by atoms with Crippen LogP contribution in [0.2, 0.25) is 0 Å². The number of rotatable bonds is 2. The van der Waals surface area contributed by atoms with Crippen LogP contribution in [0.4, 0.5) is 13.2 Å². The summed E-state index contributed by atoms with van der Waals surface area (Å²) in [5.74, 6) is -0.333. The molecule has 0 aromatic heterocycles. The third-order valence-corrected chi connectivity index (χ3v) is 3.25. The second-order valence-electron chi connectivity index (χ2n) is 4.80. The number of likely N-dealkylation sites (tertiary alicyclic amines) is 1. The van der Waals surface area contributed by atoms with Gasteiger partial charge in [-0.25, -0.2) is 0 Å². The molecular formula is C13H14F3NO3. The molecule has 0 bridgehead atoms. The standard InChI is InChI=1S/C13H14F3NO3/c14-13(15,16)9-3-1-8(2-4-9)5-12(20)17-6-10(18)11(19)7-17/h1-4,10-11,18-19H,5-7H2/t10-,11+. The van der Waals surface area contributed by atoms with Crippen LogP contribution in [0.1, 0.15) is 11.1 Å². The molecule has 0 spiro atoms. The number of aliphatic hydroxyl groups excluding tert-OH is 2. The van der Waals surface area contributed by atoms with E-state index in [0.717, 1.165) is 12.1 Å². The molecule has 7 heteroatoms. The number of nitrogens with zero attached hydrogens (tertiary/aromatic N) is 1. The van der Waals surface area contributed by atoms with Gasteiger partial charge in [0.1, 0.15) is 0 Å². The van der Waals surface area contributed by atoms with Gasteiger partial charge in [0.15, 0.2) is 0 Å². The Hall–Kier alpha value is -1.60. The molecule has 1 aliphatic rings. The fourth-order valence-corrected chi connectivity index (χ4v) is 2.07. The molecule has 20 heavy (non-hydrogen) atoms. The van der Waals surface area contributed by atoms with Crippen LogP contribution in [0.25, 0.3) is 0 Å². The molecule has 1 heterocycles. The number of hydrogen-bond donors (Lipinski definition) is 2. The van der Waals surface area contributed by atoms with Gasteiger partial charge < -0.3 is 15.1 Å². The Labute approximate surface area is 113 Å². The number of carbonyl (C=O) groups excluding carboxylic acids is 1. The Balaban J connectivity index is 1.98. The zero-order valence-corrected chi connectivity index (χ0v) is 10.5. The van der Waals surface area contributed by atoms with Gasteiger partial charge in [-0.05, 0) is 17.7 Å². The fraction of sp³-hybridized carbons (Fsp3) is 0.462. The minimum atomic E-state index is -4.40. The summed E-state index contributed by atoms with van der Waals surface area (Å²) >= 11 is 0. The van der Waals surface area contributed by atoms with Gasteiger partial charge in [-0.3, -0.25) is 4.79 Å². The van der Waals surface area contributed by atoms with Crippen LogP contribution >= 0.6 is 0 Å². The van der Waals surface area contributed by atoms with Crippen LogP contribution in [0.3, 0.4) is 0 Å². The number of carbonyl (C=O) groups is 1. The Bertz CT molecular complexity index is 477. The number of β-amino-alcohol motifs (C(OH)–C–C–N with tert-alkyl or cyclic N) is 2. The minimum Gasteiger partial charge on any atom is -0.388 e. The fourth-order valence-electron chi connectivity index (χ4n) is 2.07. The first-order valence-corrected chi connectivity index (χ1v) is 6.07. The monoisotopic (exact) mass is 289 g/mol. The van der Waals surface area contributed by atoms with Gasteiger partial charge >= 0.3 is 6.18 Å². The van der Waals surface area contributed by atoms with E-state index in [1.165, 1.54) is 17.0 Å². The smallest absolute Gasteiger partial charge is 0.388 e. The van der Waals surface area contributed by atoms with Gasteiger partial charge in [0, 0.05) is 13.1 Å². The number of alkyl halides is 3. The van der Waals surface area contributed by atoms with E-state index in [1.54, 1.807) is 0 Å². The summed E-state index contributed by atoms with van der Waals surface area (Å²) in [6.45, 7) is 0.0846. The van der Waals surface area contributed by atoms with Crippen LogP contribution in [0.15, 0.2) is 24.3 Å².